The standard InChI is InChI=1S/C11H11N3O2S2/c1-2-9-12-11(14-13-9)18-8(10(15)16)6-7-4-3-5-17-7/h3-6H,2H2,1H3,(H,15,16)(H,12,13,14)/b8-6+. The maximum Gasteiger partial charge on any atom is 0.342 e. The number of hydrogen-bond donors (Lipinski definition) is 2. The van der Waals surface area contributed by atoms with E-state index in [4.69, 9.17) is 5.11 Å². The lowest BCUT2D eigenvalue weighted by Crippen LogP contribution is -1.96. The van der Waals surface area contributed by atoms with Crippen LogP contribution in [0.25, 0.3) is 6.08 Å². The number of carboxylic acid groups (broad SMARTS) is 1. The van der Waals surface area contributed by atoms with Crippen LogP contribution in [0.1, 0.15) is 17.6 Å². The number of aromatic nitrogens is 3. The molecule has 0 amide bonds. The molecule has 18 heavy (non-hydrogen) atoms. The van der Waals surface area contributed by atoms with Crippen molar-refractivity contribution in [1.82, 2.24) is 15.2 Å². The van der Waals surface area contributed by atoms with Crippen molar-refractivity contribution in [1.29, 1.82) is 0 Å². The van der Waals surface area contributed by atoms with Gasteiger partial charge >= 0.3 is 5.97 Å². The first-order valence-corrected chi connectivity index (χ1v) is 6.96. The molecule has 5 nitrogen and oxygen atoms in total. The van der Waals surface area contributed by atoms with Gasteiger partial charge in [-0.15, -0.1) is 16.4 Å². The van der Waals surface area contributed by atoms with Gasteiger partial charge in [-0.05, 0) is 29.3 Å². The molecule has 2 aromatic heterocycles. The first kappa shape index (κ1) is 12.8. The number of rotatable bonds is 5. The van der Waals surface area contributed by atoms with Gasteiger partial charge < -0.3 is 5.11 Å². The Morgan fingerprint density at radius 1 is 1.67 bits per heavy atom. The summed E-state index contributed by atoms with van der Waals surface area (Å²) in [6.45, 7) is 1.95. The van der Waals surface area contributed by atoms with Crippen LogP contribution in [0.3, 0.4) is 0 Å². The summed E-state index contributed by atoms with van der Waals surface area (Å²) in [4.78, 5) is 16.4. The van der Waals surface area contributed by atoms with Crippen LogP contribution in [0.5, 0.6) is 0 Å². The minimum Gasteiger partial charge on any atom is -0.477 e. The van der Waals surface area contributed by atoms with E-state index in [1.165, 1.54) is 11.3 Å². The fourth-order valence-corrected chi connectivity index (χ4v) is 2.67. The number of aromatic amines is 1. The van der Waals surface area contributed by atoms with E-state index in [1.54, 1.807) is 6.08 Å². The molecule has 2 aromatic rings. The molecule has 0 aromatic carbocycles. The molecular formula is C11H11N3O2S2. The van der Waals surface area contributed by atoms with Gasteiger partial charge in [-0.25, -0.2) is 9.78 Å². The number of carboxylic acids is 1. The Labute approximate surface area is 112 Å². The molecule has 0 saturated carbocycles. The highest BCUT2D eigenvalue weighted by Crippen LogP contribution is 2.26. The van der Waals surface area contributed by atoms with Crippen molar-refractivity contribution in [2.75, 3.05) is 0 Å². The molecule has 0 bridgehead atoms. The monoisotopic (exact) mass is 281 g/mol. The van der Waals surface area contributed by atoms with Crippen molar-refractivity contribution in [3.05, 3.63) is 33.1 Å². The molecule has 2 N–H and O–H groups in total. The number of thioether (sulfide) groups is 1. The van der Waals surface area contributed by atoms with Crippen LogP contribution < -0.4 is 0 Å². The summed E-state index contributed by atoms with van der Waals surface area (Å²) >= 11 is 2.53. The van der Waals surface area contributed by atoms with Gasteiger partial charge in [0.2, 0.25) is 5.16 Å². The number of carbonyl (C=O) groups is 1. The first-order valence-electron chi connectivity index (χ1n) is 5.26. The van der Waals surface area contributed by atoms with Crippen LogP contribution >= 0.6 is 23.1 Å². The molecule has 2 heterocycles. The highest BCUT2D eigenvalue weighted by atomic mass is 32.2. The second-order valence-corrected chi connectivity index (χ2v) is 5.34. The van der Waals surface area contributed by atoms with Crippen molar-refractivity contribution >= 4 is 35.1 Å². The van der Waals surface area contributed by atoms with E-state index < -0.39 is 5.97 Å². The molecule has 0 aliphatic carbocycles. The van der Waals surface area contributed by atoms with Crippen LogP contribution in [0.4, 0.5) is 0 Å². The maximum atomic E-state index is 11.2. The lowest BCUT2D eigenvalue weighted by molar-refractivity contribution is -0.131. The minimum atomic E-state index is -0.976. The zero-order valence-corrected chi connectivity index (χ0v) is 11.2. The average Bonchev–Trinajstić information content (AvgIpc) is 2.99. The van der Waals surface area contributed by atoms with Gasteiger partial charge in [0.15, 0.2) is 0 Å². The molecular weight excluding hydrogens is 270 g/mol. The molecule has 7 heteroatoms. The van der Waals surface area contributed by atoms with Gasteiger partial charge in [-0.1, -0.05) is 13.0 Å². The quantitative estimate of drug-likeness (QED) is 0.650. The number of aryl methyl sites for hydroxylation is 1. The molecule has 0 atom stereocenters. The zero-order chi connectivity index (χ0) is 13.0. The van der Waals surface area contributed by atoms with E-state index in [9.17, 15) is 4.79 Å². The third-order valence-electron chi connectivity index (χ3n) is 2.07. The number of thiophene rings is 1. The summed E-state index contributed by atoms with van der Waals surface area (Å²) in [6, 6.07) is 3.74. The number of H-pyrrole nitrogens is 1. The third-order valence-corrected chi connectivity index (χ3v) is 3.77. The van der Waals surface area contributed by atoms with Crippen LogP contribution in [-0.2, 0) is 11.2 Å². The molecule has 0 spiro atoms. The van der Waals surface area contributed by atoms with Gasteiger partial charge in [-0.2, -0.15) is 0 Å². The largest absolute Gasteiger partial charge is 0.477 e. The van der Waals surface area contributed by atoms with Gasteiger partial charge in [0.25, 0.3) is 0 Å². The Hall–Kier alpha value is -1.60. The summed E-state index contributed by atoms with van der Waals surface area (Å²) in [5, 5.41) is 18.2. The molecule has 0 radical (unpaired) electrons. The second kappa shape index (κ2) is 5.83. The van der Waals surface area contributed by atoms with Crippen molar-refractivity contribution in [3.63, 3.8) is 0 Å². The van der Waals surface area contributed by atoms with E-state index in [0.717, 1.165) is 28.9 Å². The summed E-state index contributed by atoms with van der Waals surface area (Å²) in [5.41, 5.74) is 0. The van der Waals surface area contributed by atoms with Gasteiger partial charge in [0, 0.05) is 11.3 Å². The summed E-state index contributed by atoms with van der Waals surface area (Å²) in [5.74, 6) is -0.227. The van der Waals surface area contributed by atoms with Crippen LogP contribution in [-0.4, -0.2) is 26.3 Å². The SMILES string of the molecule is CCc1nc(S/C(=C/c2cccs2)C(=O)O)n[nH]1. The van der Waals surface area contributed by atoms with Crippen molar-refractivity contribution < 1.29 is 9.90 Å². The molecule has 0 unspecified atom stereocenters. The van der Waals surface area contributed by atoms with Gasteiger partial charge in [0.05, 0.1) is 0 Å². The van der Waals surface area contributed by atoms with E-state index in [0.29, 0.717) is 5.16 Å². The maximum absolute atomic E-state index is 11.2. The third kappa shape index (κ3) is 3.21. The predicted octanol–water partition coefficient (Wildman–Crippen LogP) is 2.65. The predicted molar refractivity (Wildman–Crippen MR) is 71.5 cm³/mol. The smallest absolute Gasteiger partial charge is 0.342 e. The van der Waals surface area contributed by atoms with E-state index in [1.807, 2.05) is 24.4 Å². The Morgan fingerprint density at radius 3 is 3.06 bits per heavy atom. The number of hydrogen-bond acceptors (Lipinski definition) is 5. The zero-order valence-electron chi connectivity index (χ0n) is 9.58. The van der Waals surface area contributed by atoms with Gasteiger partial charge in [0.1, 0.15) is 10.7 Å². The van der Waals surface area contributed by atoms with Crippen molar-refractivity contribution in [2.45, 2.75) is 18.5 Å². The Balaban J connectivity index is 2.19. The molecule has 0 aliphatic heterocycles. The number of aliphatic carboxylic acids is 1. The molecule has 0 fully saturated rings. The number of nitrogens with zero attached hydrogens (tertiary/aromatic N) is 2. The molecule has 2 rings (SSSR count). The van der Waals surface area contributed by atoms with E-state index >= 15 is 0 Å². The van der Waals surface area contributed by atoms with Crippen LogP contribution in [0.2, 0.25) is 0 Å². The highest BCUT2D eigenvalue weighted by molar-refractivity contribution is 8.04. The van der Waals surface area contributed by atoms with Crippen LogP contribution in [0, 0.1) is 0 Å². The first-order chi connectivity index (χ1) is 8.69. The Bertz CT molecular complexity index is 561. The topological polar surface area (TPSA) is 78.9 Å². The molecule has 0 aliphatic rings. The number of nitrogens with one attached hydrogen (secondary N) is 1. The average molecular weight is 281 g/mol. The summed E-state index contributed by atoms with van der Waals surface area (Å²) in [6.07, 6.45) is 2.37. The minimum absolute atomic E-state index is 0.208. The Kier molecular flexibility index (Phi) is 4.16. The normalized spacial score (nSPS) is 11.7. The van der Waals surface area contributed by atoms with Crippen LogP contribution in [0.15, 0.2) is 27.6 Å². The lowest BCUT2D eigenvalue weighted by Gasteiger charge is -1.97. The van der Waals surface area contributed by atoms with E-state index in [2.05, 4.69) is 15.2 Å². The fourth-order valence-electron chi connectivity index (χ4n) is 1.22. The summed E-state index contributed by atoms with van der Waals surface area (Å²) in [7, 11) is 0. The van der Waals surface area contributed by atoms with Crippen molar-refractivity contribution in [2.24, 2.45) is 0 Å². The second-order valence-electron chi connectivity index (χ2n) is 3.35. The molecule has 0 saturated heterocycles. The van der Waals surface area contributed by atoms with E-state index in [-0.39, 0.29) is 4.91 Å². The van der Waals surface area contributed by atoms with Gasteiger partial charge in [-0.3, -0.25) is 5.10 Å². The Morgan fingerprint density at radius 2 is 2.50 bits per heavy atom. The summed E-state index contributed by atoms with van der Waals surface area (Å²) < 4.78 is 0. The van der Waals surface area contributed by atoms with Crippen molar-refractivity contribution in [3.8, 4) is 0 Å². The fraction of sp³-hybridized carbons (Fsp3) is 0.182. The lowest BCUT2D eigenvalue weighted by atomic mass is 10.4. The highest BCUT2D eigenvalue weighted by Gasteiger charge is 2.13. The molecule has 94 valence electrons.